The summed E-state index contributed by atoms with van der Waals surface area (Å²) in [6.45, 7) is 0. The van der Waals surface area contributed by atoms with E-state index in [2.05, 4.69) is 16.5 Å². The van der Waals surface area contributed by atoms with Crippen LogP contribution in [0.2, 0.25) is 5.02 Å². The van der Waals surface area contributed by atoms with E-state index >= 15 is 0 Å². The predicted molar refractivity (Wildman–Crippen MR) is 84.8 cm³/mol. The number of benzene rings is 1. The first-order valence-electron chi connectivity index (χ1n) is 7.32. The average Bonchev–Trinajstić information content (AvgIpc) is 2.47. The molecule has 0 radical (unpaired) electrons. The fraction of sp³-hybridized carbons (Fsp3) is 0.438. The normalized spacial score (nSPS) is 16.5. The standard InChI is InChI=1S/C16H20ClN3/c17-14-6-7-15-12(10-14)9-13(16(19-15)20-18)8-11-4-2-1-3-5-11/h6-7,9-11H,1-5,8,18H2,(H,19,20). The first-order chi connectivity index (χ1) is 9.76. The van der Waals surface area contributed by atoms with Gasteiger partial charge in [0.05, 0.1) is 5.52 Å². The van der Waals surface area contributed by atoms with E-state index in [0.29, 0.717) is 0 Å². The van der Waals surface area contributed by atoms with Gasteiger partial charge in [0.1, 0.15) is 5.82 Å². The first kappa shape index (κ1) is 13.7. The Morgan fingerprint density at radius 1 is 1.20 bits per heavy atom. The number of nitrogens with one attached hydrogen (secondary N) is 1. The van der Waals surface area contributed by atoms with Crippen LogP contribution in [0.3, 0.4) is 0 Å². The number of fused-ring (bicyclic) bond motifs is 1. The molecule has 1 fully saturated rings. The van der Waals surface area contributed by atoms with Crippen LogP contribution in [0.25, 0.3) is 10.9 Å². The number of nitrogens with zero attached hydrogens (tertiary/aromatic N) is 1. The summed E-state index contributed by atoms with van der Waals surface area (Å²) >= 11 is 6.07. The molecular weight excluding hydrogens is 270 g/mol. The fourth-order valence-corrected chi connectivity index (χ4v) is 3.35. The lowest BCUT2D eigenvalue weighted by Crippen LogP contribution is -2.15. The van der Waals surface area contributed by atoms with Crippen molar-refractivity contribution < 1.29 is 0 Å². The zero-order valence-electron chi connectivity index (χ0n) is 11.5. The number of nitrogens with two attached hydrogens (primary N) is 1. The monoisotopic (exact) mass is 289 g/mol. The summed E-state index contributed by atoms with van der Waals surface area (Å²) in [4.78, 5) is 4.61. The molecule has 0 amide bonds. The Morgan fingerprint density at radius 2 is 2.00 bits per heavy atom. The Labute approximate surface area is 124 Å². The van der Waals surface area contributed by atoms with Gasteiger partial charge >= 0.3 is 0 Å². The molecule has 1 aromatic carbocycles. The number of hydrogen-bond donors (Lipinski definition) is 2. The smallest absolute Gasteiger partial charge is 0.143 e. The molecule has 1 aliphatic carbocycles. The van der Waals surface area contributed by atoms with Gasteiger partial charge in [-0.1, -0.05) is 43.7 Å². The lowest BCUT2D eigenvalue weighted by atomic mass is 9.85. The molecule has 1 heterocycles. The molecule has 0 aliphatic heterocycles. The molecule has 106 valence electrons. The van der Waals surface area contributed by atoms with E-state index in [-0.39, 0.29) is 0 Å². The van der Waals surface area contributed by atoms with E-state index in [9.17, 15) is 0 Å². The molecule has 0 spiro atoms. The Bertz CT molecular complexity index is 606. The van der Waals surface area contributed by atoms with E-state index in [0.717, 1.165) is 34.1 Å². The van der Waals surface area contributed by atoms with Crippen molar-refractivity contribution in [1.29, 1.82) is 0 Å². The lowest BCUT2D eigenvalue weighted by molar-refractivity contribution is 0.357. The minimum absolute atomic E-state index is 0.747. The largest absolute Gasteiger partial charge is 0.308 e. The van der Waals surface area contributed by atoms with Gasteiger partial charge in [0.15, 0.2) is 0 Å². The Balaban J connectivity index is 1.94. The van der Waals surface area contributed by atoms with Gasteiger partial charge in [0.25, 0.3) is 0 Å². The summed E-state index contributed by atoms with van der Waals surface area (Å²) in [5.41, 5.74) is 4.88. The third kappa shape index (κ3) is 2.89. The van der Waals surface area contributed by atoms with Crippen LogP contribution in [0.5, 0.6) is 0 Å². The minimum Gasteiger partial charge on any atom is -0.308 e. The molecule has 0 atom stereocenters. The molecular formula is C16H20ClN3. The van der Waals surface area contributed by atoms with Crippen molar-refractivity contribution >= 4 is 28.3 Å². The van der Waals surface area contributed by atoms with Gasteiger partial charge in [-0.3, -0.25) is 0 Å². The van der Waals surface area contributed by atoms with Gasteiger partial charge < -0.3 is 5.43 Å². The van der Waals surface area contributed by atoms with E-state index in [4.69, 9.17) is 17.4 Å². The van der Waals surface area contributed by atoms with Gasteiger partial charge in [-0.25, -0.2) is 10.8 Å². The highest BCUT2D eigenvalue weighted by Gasteiger charge is 2.16. The summed E-state index contributed by atoms with van der Waals surface area (Å²) in [6, 6.07) is 7.94. The summed E-state index contributed by atoms with van der Waals surface area (Å²) in [5, 5.41) is 1.83. The molecule has 3 N–H and O–H groups in total. The van der Waals surface area contributed by atoms with Crippen LogP contribution >= 0.6 is 11.6 Å². The molecule has 1 aromatic heterocycles. The quantitative estimate of drug-likeness (QED) is 0.654. The molecule has 0 unspecified atom stereocenters. The van der Waals surface area contributed by atoms with E-state index in [1.165, 1.54) is 37.7 Å². The van der Waals surface area contributed by atoms with Crippen molar-refractivity contribution in [2.75, 3.05) is 5.43 Å². The van der Waals surface area contributed by atoms with Crippen molar-refractivity contribution in [2.45, 2.75) is 38.5 Å². The van der Waals surface area contributed by atoms with Crippen LogP contribution in [0.15, 0.2) is 24.3 Å². The molecule has 3 rings (SSSR count). The van der Waals surface area contributed by atoms with Crippen LogP contribution in [-0.4, -0.2) is 4.98 Å². The van der Waals surface area contributed by atoms with Crippen LogP contribution in [0.1, 0.15) is 37.7 Å². The zero-order valence-corrected chi connectivity index (χ0v) is 12.3. The molecule has 20 heavy (non-hydrogen) atoms. The van der Waals surface area contributed by atoms with Crippen LogP contribution in [-0.2, 0) is 6.42 Å². The summed E-state index contributed by atoms with van der Waals surface area (Å²) in [6.07, 6.45) is 7.76. The van der Waals surface area contributed by atoms with E-state index < -0.39 is 0 Å². The molecule has 0 bridgehead atoms. The molecule has 2 aromatic rings. The van der Waals surface area contributed by atoms with Gasteiger partial charge in [-0.2, -0.15) is 0 Å². The highest BCUT2D eigenvalue weighted by atomic mass is 35.5. The van der Waals surface area contributed by atoms with Gasteiger partial charge in [-0.05, 0) is 42.2 Å². The second kappa shape index (κ2) is 5.98. The number of hydrazine groups is 1. The molecule has 0 saturated heterocycles. The average molecular weight is 290 g/mol. The summed E-state index contributed by atoms with van der Waals surface area (Å²) in [7, 11) is 0. The number of hydrogen-bond acceptors (Lipinski definition) is 3. The molecule has 4 heteroatoms. The van der Waals surface area contributed by atoms with Crippen molar-refractivity contribution in [3.8, 4) is 0 Å². The Morgan fingerprint density at radius 3 is 2.75 bits per heavy atom. The number of pyridine rings is 1. The third-order valence-corrected chi connectivity index (χ3v) is 4.46. The minimum atomic E-state index is 0.747. The highest BCUT2D eigenvalue weighted by Crippen LogP contribution is 2.30. The third-order valence-electron chi connectivity index (χ3n) is 4.23. The predicted octanol–water partition coefficient (Wildman–Crippen LogP) is 4.30. The van der Waals surface area contributed by atoms with Gasteiger partial charge in [0, 0.05) is 10.4 Å². The zero-order chi connectivity index (χ0) is 13.9. The second-order valence-electron chi connectivity index (χ2n) is 5.69. The number of nitrogen functional groups attached to an aromatic ring is 1. The molecule has 1 saturated carbocycles. The molecule has 1 aliphatic rings. The van der Waals surface area contributed by atoms with Gasteiger partial charge in [-0.15, -0.1) is 0 Å². The fourth-order valence-electron chi connectivity index (χ4n) is 3.17. The number of anilines is 1. The first-order valence-corrected chi connectivity index (χ1v) is 7.70. The van der Waals surface area contributed by atoms with Crippen molar-refractivity contribution in [3.63, 3.8) is 0 Å². The second-order valence-corrected chi connectivity index (χ2v) is 6.12. The van der Waals surface area contributed by atoms with Crippen molar-refractivity contribution in [2.24, 2.45) is 11.8 Å². The van der Waals surface area contributed by atoms with E-state index in [1.54, 1.807) is 0 Å². The van der Waals surface area contributed by atoms with Crippen LogP contribution in [0.4, 0.5) is 5.82 Å². The van der Waals surface area contributed by atoms with Crippen molar-refractivity contribution in [3.05, 3.63) is 34.9 Å². The molecule has 3 nitrogen and oxygen atoms in total. The van der Waals surface area contributed by atoms with Crippen LogP contribution in [0, 0.1) is 5.92 Å². The maximum Gasteiger partial charge on any atom is 0.143 e. The van der Waals surface area contributed by atoms with Crippen LogP contribution < -0.4 is 11.3 Å². The Hall–Kier alpha value is -1.32. The summed E-state index contributed by atoms with van der Waals surface area (Å²) < 4.78 is 0. The number of rotatable bonds is 3. The number of aromatic nitrogens is 1. The SMILES string of the molecule is NNc1nc2ccc(Cl)cc2cc1CC1CCCCC1. The highest BCUT2D eigenvalue weighted by molar-refractivity contribution is 6.31. The Kier molecular flexibility index (Phi) is 4.08. The number of halogens is 1. The lowest BCUT2D eigenvalue weighted by Gasteiger charge is -2.22. The maximum atomic E-state index is 6.07. The van der Waals surface area contributed by atoms with Crippen molar-refractivity contribution in [1.82, 2.24) is 4.98 Å². The van der Waals surface area contributed by atoms with E-state index in [1.807, 2.05) is 18.2 Å². The topological polar surface area (TPSA) is 50.9 Å². The maximum absolute atomic E-state index is 6.07. The van der Waals surface area contributed by atoms with Gasteiger partial charge in [0.2, 0.25) is 0 Å². The summed E-state index contributed by atoms with van der Waals surface area (Å²) in [5.74, 6) is 7.19.